The summed E-state index contributed by atoms with van der Waals surface area (Å²) in [6, 6.07) is 7.73. The van der Waals surface area contributed by atoms with Crippen molar-refractivity contribution < 1.29 is 8.78 Å². The molecular weight excluding hydrogens is 360 g/mol. The number of hydrogen-bond donors (Lipinski definition) is 2. The van der Waals surface area contributed by atoms with Crippen LogP contribution in [0.3, 0.4) is 0 Å². The predicted molar refractivity (Wildman–Crippen MR) is 108 cm³/mol. The normalized spacial score (nSPS) is 13.0. The maximum Gasteiger partial charge on any atom is 0.191 e. The van der Waals surface area contributed by atoms with Crippen LogP contribution in [-0.4, -0.2) is 28.4 Å². The van der Waals surface area contributed by atoms with Gasteiger partial charge in [0.05, 0.1) is 11.7 Å². The van der Waals surface area contributed by atoms with Crippen LogP contribution in [0.2, 0.25) is 0 Å². The van der Waals surface area contributed by atoms with Gasteiger partial charge in [-0.05, 0) is 50.1 Å². The lowest BCUT2D eigenvalue weighted by molar-refractivity contribution is 0.504. The lowest BCUT2D eigenvalue weighted by atomic mass is 10.1. The molecule has 28 heavy (non-hydrogen) atoms. The van der Waals surface area contributed by atoms with E-state index in [1.807, 2.05) is 49.7 Å². The average molecular weight is 385 g/mol. The summed E-state index contributed by atoms with van der Waals surface area (Å²) in [6.45, 7) is 7.15. The molecule has 1 unspecified atom stereocenters. The molecule has 0 spiro atoms. The Labute approximate surface area is 163 Å². The van der Waals surface area contributed by atoms with Gasteiger partial charge >= 0.3 is 0 Å². The highest BCUT2D eigenvalue weighted by atomic mass is 19.2. The first-order valence-corrected chi connectivity index (χ1v) is 9.41. The van der Waals surface area contributed by atoms with Gasteiger partial charge in [-0.3, -0.25) is 4.99 Å². The van der Waals surface area contributed by atoms with E-state index in [0.29, 0.717) is 31.0 Å². The maximum atomic E-state index is 13.5. The quantitative estimate of drug-likeness (QED) is 0.502. The minimum absolute atomic E-state index is 0.217. The third-order valence-electron chi connectivity index (χ3n) is 4.51. The first kappa shape index (κ1) is 19.8. The summed E-state index contributed by atoms with van der Waals surface area (Å²) in [4.78, 5) is 9.24. The third-order valence-corrected chi connectivity index (χ3v) is 4.51. The second kappa shape index (κ2) is 8.82. The molecule has 0 aliphatic carbocycles. The zero-order chi connectivity index (χ0) is 20.1. The summed E-state index contributed by atoms with van der Waals surface area (Å²) < 4.78 is 28.6. The number of aryl methyl sites for hydroxylation is 1. The Morgan fingerprint density at radius 3 is 2.79 bits per heavy atom. The zero-order valence-corrected chi connectivity index (χ0v) is 16.3. The molecule has 0 saturated heterocycles. The number of aliphatic imine (C=N–C) groups is 1. The smallest absolute Gasteiger partial charge is 0.191 e. The molecule has 1 atom stereocenters. The fourth-order valence-corrected chi connectivity index (χ4v) is 3.00. The predicted octanol–water partition coefficient (Wildman–Crippen LogP) is 3.78. The number of nitrogens with one attached hydrogen (secondary N) is 2. The highest BCUT2D eigenvalue weighted by molar-refractivity contribution is 5.80. The first-order chi connectivity index (χ1) is 13.5. The number of nitrogens with zero attached hydrogens (tertiary/aromatic N) is 3. The van der Waals surface area contributed by atoms with Crippen molar-refractivity contribution in [3.8, 4) is 0 Å². The van der Waals surface area contributed by atoms with E-state index in [2.05, 4.69) is 20.6 Å². The van der Waals surface area contributed by atoms with Gasteiger partial charge in [0.1, 0.15) is 5.65 Å². The molecule has 2 N–H and O–H groups in total. The van der Waals surface area contributed by atoms with Crippen molar-refractivity contribution in [3.63, 3.8) is 0 Å². The Morgan fingerprint density at radius 1 is 1.25 bits per heavy atom. The highest BCUT2D eigenvalue weighted by Gasteiger charge is 2.11. The van der Waals surface area contributed by atoms with E-state index in [1.165, 1.54) is 6.07 Å². The summed E-state index contributed by atoms with van der Waals surface area (Å²) in [5.74, 6) is -1.07. The lowest BCUT2D eigenvalue weighted by Crippen LogP contribution is -2.39. The molecule has 0 fully saturated rings. The second-order valence-corrected chi connectivity index (χ2v) is 6.70. The molecule has 0 aliphatic heterocycles. The summed E-state index contributed by atoms with van der Waals surface area (Å²) in [7, 11) is 0. The minimum Gasteiger partial charge on any atom is -0.357 e. The Balaban J connectivity index is 1.65. The van der Waals surface area contributed by atoms with Gasteiger partial charge in [0.15, 0.2) is 17.6 Å². The number of guanidine groups is 1. The molecule has 0 aliphatic rings. The Kier molecular flexibility index (Phi) is 6.23. The minimum atomic E-state index is -0.852. The van der Waals surface area contributed by atoms with E-state index >= 15 is 0 Å². The number of imidazole rings is 1. The molecule has 2 heterocycles. The molecular formula is C21H25F2N5. The molecule has 2 aromatic heterocycles. The highest BCUT2D eigenvalue weighted by Crippen LogP contribution is 2.16. The fraction of sp³-hybridized carbons (Fsp3) is 0.333. The number of rotatable bonds is 6. The van der Waals surface area contributed by atoms with Crippen molar-refractivity contribution in [2.24, 2.45) is 4.99 Å². The third kappa shape index (κ3) is 4.65. The van der Waals surface area contributed by atoms with Gasteiger partial charge in [0.25, 0.3) is 0 Å². The molecule has 3 rings (SSSR count). The summed E-state index contributed by atoms with van der Waals surface area (Å²) in [5, 5.41) is 6.40. The maximum absolute atomic E-state index is 13.5. The van der Waals surface area contributed by atoms with E-state index in [-0.39, 0.29) is 6.04 Å². The lowest BCUT2D eigenvalue weighted by Gasteiger charge is -2.18. The van der Waals surface area contributed by atoms with Crippen molar-refractivity contribution >= 4 is 11.6 Å². The first-order valence-electron chi connectivity index (χ1n) is 9.41. The van der Waals surface area contributed by atoms with Crippen molar-refractivity contribution in [3.05, 3.63) is 71.2 Å². The largest absolute Gasteiger partial charge is 0.357 e. The number of pyridine rings is 1. The SMILES string of the molecule is CCNC(=NCCc1cn2cccc(C)c2n1)NC(C)c1ccc(F)c(F)c1. The van der Waals surface area contributed by atoms with Crippen LogP contribution in [-0.2, 0) is 6.42 Å². The number of aromatic nitrogens is 2. The van der Waals surface area contributed by atoms with E-state index < -0.39 is 11.6 Å². The van der Waals surface area contributed by atoms with Gasteiger partial charge in [-0.15, -0.1) is 0 Å². The van der Waals surface area contributed by atoms with Crippen LogP contribution < -0.4 is 10.6 Å². The van der Waals surface area contributed by atoms with E-state index in [0.717, 1.165) is 23.0 Å². The second-order valence-electron chi connectivity index (χ2n) is 6.70. The van der Waals surface area contributed by atoms with Crippen molar-refractivity contribution in [2.45, 2.75) is 33.2 Å². The molecule has 5 nitrogen and oxygen atoms in total. The van der Waals surface area contributed by atoms with Crippen molar-refractivity contribution in [1.82, 2.24) is 20.0 Å². The van der Waals surface area contributed by atoms with Crippen LogP contribution in [0.4, 0.5) is 8.78 Å². The molecule has 148 valence electrons. The molecule has 0 amide bonds. The zero-order valence-electron chi connectivity index (χ0n) is 16.3. The summed E-state index contributed by atoms with van der Waals surface area (Å²) >= 11 is 0. The molecule has 1 aromatic carbocycles. The number of halogens is 2. The van der Waals surface area contributed by atoms with Crippen molar-refractivity contribution in [1.29, 1.82) is 0 Å². The van der Waals surface area contributed by atoms with Crippen LogP contribution in [0.1, 0.15) is 36.7 Å². The molecule has 0 saturated carbocycles. The van der Waals surface area contributed by atoms with Crippen LogP contribution in [0, 0.1) is 18.6 Å². The summed E-state index contributed by atoms with van der Waals surface area (Å²) in [5.41, 5.74) is 3.72. The average Bonchev–Trinajstić information content (AvgIpc) is 3.08. The molecule has 0 bridgehead atoms. The van der Waals surface area contributed by atoms with Crippen LogP contribution in [0.15, 0.2) is 47.7 Å². The van der Waals surface area contributed by atoms with Crippen molar-refractivity contribution in [2.75, 3.05) is 13.1 Å². The van der Waals surface area contributed by atoms with E-state index in [4.69, 9.17) is 0 Å². The van der Waals surface area contributed by atoms with Crippen LogP contribution >= 0.6 is 0 Å². The van der Waals surface area contributed by atoms with Gasteiger partial charge < -0.3 is 15.0 Å². The standard InChI is InChI=1S/C21H25F2N5/c1-4-24-21(26-15(3)16-7-8-18(22)19(23)12-16)25-10-9-17-13-28-11-5-6-14(2)20(28)27-17/h5-8,11-13,15H,4,9-10H2,1-3H3,(H2,24,25,26). The monoisotopic (exact) mass is 385 g/mol. The van der Waals surface area contributed by atoms with Gasteiger partial charge in [-0.25, -0.2) is 13.8 Å². The molecule has 3 aromatic rings. The number of hydrogen-bond acceptors (Lipinski definition) is 2. The number of benzene rings is 1. The Hall–Kier alpha value is -2.96. The van der Waals surface area contributed by atoms with Gasteiger partial charge in [-0.1, -0.05) is 12.1 Å². The van der Waals surface area contributed by atoms with Gasteiger partial charge in [0.2, 0.25) is 0 Å². The molecule has 0 radical (unpaired) electrons. The Bertz CT molecular complexity index is 980. The Morgan fingerprint density at radius 2 is 2.07 bits per heavy atom. The van der Waals surface area contributed by atoms with Crippen LogP contribution in [0.5, 0.6) is 0 Å². The van der Waals surface area contributed by atoms with Gasteiger partial charge in [-0.2, -0.15) is 0 Å². The number of fused-ring (bicyclic) bond motifs is 1. The fourth-order valence-electron chi connectivity index (χ4n) is 3.00. The van der Waals surface area contributed by atoms with Gasteiger partial charge in [0, 0.05) is 31.9 Å². The topological polar surface area (TPSA) is 53.7 Å². The van der Waals surface area contributed by atoms with E-state index in [9.17, 15) is 8.78 Å². The summed E-state index contributed by atoms with van der Waals surface area (Å²) in [6.07, 6.45) is 4.70. The van der Waals surface area contributed by atoms with E-state index in [1.54, 1.807) is 6.07 Å². The molecule has 7 heteroatoms. The van der Waals surface area contributed by atoms with Crippen LogP contribution in [0.25, 0.3) is 5.65 Å².